The Morgan fingerprint density at radius 1 is 1.39 bits per heavy atom. The summed E-state index contributed by atoms with van der Waals surface area (Å²) in [6.07, 6.45) is 1.16. The fraction of sp³-hybridized carbons (Fsp3) is 0.417. The predicted octanol–water partition coefficient (Wildman–Crippen LogP) is 1.87. The molecule has 0 unspecified atom stereocenters. The molecule has 0 aliphatic carbocycles. The topological polar surface area (TPSA) is 54.5 Å². The second-order valence-corrected chi connectivity index (χ2v) is 7.38. The average molecular weight is 334 g/mol. The number of benzene rings is 1. The van der Waals surface area contributed by atoms with Crippen LogP contribution < -0.4 is 0 Å². The average Bonchev–Trinajstić information content (AvgIpc) is 2.28. The number of halogens is 1. The summed E-state index contributed by atoms with van der Waals surface area (Å²) in [6, 6.07) is 5.39. The molecular formula is C12H16BrNO3S. The van der Waals surface area contributed by atoms with Gasteiger partial charge in [0.2, 0.25) is 0 Å². The monoisotopic (exact) mass is 333 g/mol. The van der Waals surface area contributed by atoms with Crippen LogP contribution >= 0.6 is 15.9 Å². The van der Waals surface area contributed by atoms with E-state index < -0.39 is 9.84 Å². The van der Waals surface area contributed by atoms with Gasteiger partial charge in [0.05, 0.1) is 5.75 Å². The Balaban J connectivity index is 2.84. The lowest BCUT2D eigenvalue weighted by atomic mass is 10.1. The zero-order valence-corrected chi connectivity index (χ0v) is 13.0. The second kappa shape index (κ2) is 5.84. The fourth-order valence-corrected chi connectivity index (χ4v) is 2.42. The molecule has 0 saturated carbocycles. The fourth-order valence-electron chi connectivity index (χ4n) is 1.45. The van der Waals surface area contributed by atoms with Crippen molar-refractivity contribution < 1.29 is 13.2 Å². The first kappa shape index (κ1) is 15.2. The molecule has 0 aromatic heterocycles. The Labute approximate surface area is 116 Å². The van der Waals surface area contributed by atoms with Gasteiger partial charge in [-0.15, -0.1) is 0 Å². The zero-order chi connectivity index (χ0) is 13.9. The van der Waals surface area contributed by atoms with Crippen LogP contribution in [0.5, 0.6) is 0 Å². The Hall–Kier alpha value is -0.880. The number of hydrogen-bond donors (Lipinski definition) is 0. The highest BCUT2D eigenvalue weighted by molar-refractivity contribution is 9.10. The molecule has 0 N–H and O–H groups in total. The lowest BCUT2D eigenvalue weighted by Gasteiger charge is -2.18. The lowest BCUT2D eigenvalue weighted by molar-refractivity contribution is 0.0802. The van der Waals surface area contributed by atoms with Gasteiger partial charge >= 0.3 is 0 Å². The number of amides is 1. The van der Waals surface area contributed by atoms with Crippen LogP contribution in [0.4, 0.5) is 0 Å². The Morgan fingerprint density at radius 2 is 2.00 bits per heavy atom. The Morgan fingerprint density at radius 3 is 2.56 bits per heavy atom. The van der Waals surface area contributed by atoms with Gasteiger partial charge in [0.25, 0.3) is 5.91 Å². The van der Waals surface area contributed by atoms with Crippen LogP contribution in [0.1, 0.15) is 15.9 Å². The third-order valence-corrected chi connectivity index (χ3v) is 4.43. The zero-order valence-electron chi connectivity index (χ0n) is 10.6. The summed E-state index contributed by atoms with van der Waals surface area (Å²) in [5, 5.41) is 0. The maximum Gasteiger partial charge on any atom is 0.253 e. The van der Waals surface area contributed by atoms with Crippen molar-refractivity contribution in [1.82, 2.24) is 4.90 Å². The number of rotatable bonds is 4. The van der Waals surface area contributed by atoms with Crippen LogP contribution in [0.2, 0.25) is 0 Å². The van der Waals surface area contributed by atoms with Gasteiger partial charge in [-0.05, 0) is 24.6 Å². The minimum atomic E-state index is -3.06. The highest BCUT2D eigenvalue weighted by Crippen LogP contribution is 2.20. The van der Waals surface area contributed by atoms with Crippen LogP contribution in [0.3, 0.4) is 0 Å². The Bertz CT molecular complexity index is 554. The molecule has 1 aromatic rings. The highest BCUT2D eigenvalue weighted by atomic mass is 79.9. The maximum absolute atomic E-state index is 12.1. The second-order valence-electron chi connectivity index (χ2n) is 4.27. The van der Waals surface area contributed by atoms with Crippen LogP contribution in [0, 0.1) is 6.92 Å². The van der Waals surface area contributed by atoms with Gasteiger partial charge in [0, 0.05) is 29.9 Å². The minimum absolute atomic E-state index is 0.0255. The molecule has 100 valence electrons. The molecule has 0 fully saturated rings. The predicted molar refractivity (Wildman–Crippen MR) is 75.6 cm³/mol. The summed E-state index contributed by atoms with van der Waals surface area (Å²) in [4.78, 5) is 13.6. The molecule has 1 rings (SSSR count). The van der Waals surface area contributed by atoms with Crippen molar-refractivity contribution in [3.8, 4) is 0 Å². The SMILES string of the molecule is Cc1c(Br)cccc1C(=O)N(C)CCS(C)(=O)=O. The molecule has 1 amide bonds. The molecule has 0 radical (unpaired) electrons. The number of sulfone groups is 1. The van der Waals surface area contributed by atoms with Crippen molar-refractivity contribution in [3.05, 3.63) is 33.8 Å². The summed E-state index contributed by atoms with van der Waals surface area (Å²) in [5.41, 5.74) is 1.44. The molecule has 0 saturated heterocycles. The molecule has 0 aliphatic rings. The van der Waals surface area contributed by atoms with Crippen molar-refractivity contribution in [2.24, 2.45) is 0 Å². The molecule has 0 heterocycles. The maximum atomic E-state index is 12.1. The third kappa shape index (κ3) is 4.10. The minimum Gasteiger partial charge on any atom is -0.341 e. The molecule has 1 aromatic carbocycles. The summed E-state index contributed by atoms with van der Waals surface area (Å²) in [6.45, 7) is 2.05. The van der Waals surface area contributed by atoms with Gasteiger partial charge in [-0.1, -0.05) is 22.0 Å². The quantitative estimate of drug-likeness (QED) is 0.845. The lowest BCUT2D eigenvalue weighted by Crippen LogP contribution is -2.31. The molecule has 0 aliphatic heterocycles. The molecule has 4 nitrogen and oxygen atoms in total. The largest absolute Gasteiger partial charge is 0.341 e. The molecule has 0 bridgehead atoms. The first-order chi connectivity index (χ1) is 8.22. The summed E-state index contributed by atoms with van der Waals surface area (Å²) in [5.74, 6) is -0.195. The first-order valence-corrected chi connectivity index (χ1v) is 8.26. The van der Waals surface area contributed by atoms with Crippen molar-refractivity contribution >= 4 is 31.7 Å². The van der Waals surface area contributed by atoms with Crippen LogP contribution in [0.25, 0.3) is 0 Å². The van der Waals surface area contributed by atoms with Gasteiger partial charge in [0.1, 0.15) is 9.84 Å². The van der Waals surface area contributed by atoms with Crippen LogP contribution in [0.15, 0.2) is 22.7 Å². The van der Waals surface area contributed by atoms with Crippen LogP contribution in [-0.4, -0.2) is 44.8 Å². The smallest absolute Gasteiger partial charge is 0.253 e. The van der Waals surface area contributed by atoms with Gasteiger partial charge in [-0.25, -0.2) is 8.42 Å². The van der Waals surface area contributed by atoms with Crippen molar-refractivity contribution in [2.75, 3.05) is 25.6 Å². The molecule has 0 atom stereocenters. The van der Waals surface area contributed by atoms with E-state index in [1.54, 1.807) is 19.2 Å². The van der Waals surface area contributed by atoms with E-state index in [4.69, 9.17) is 0 Å². The summed E-state index contributed by atoms with van der Waals surface area (Å²) >= 11 is 3.37. The summed E-state index contributed by atoms with van der Waals surface area (Å²) < 4.78 is 23.0. The van der Waals surface area contributed by atoms with E-state index in [0.717, 1.165) is 16.3 Å². The molecule has 6 heteroatoms. The molecule has 18 heavy (non-hydrogen) atoms. The van der Waals surface area contributed by atoms with E-state index in [2.05, 4.69) is 15.9 Å². The van der Waals surface area contributed by atoms with E-state index in [-0.39, 0.29) is 18.2 Å². The van der Waals surface area contributed by atoms with Crippen molar-refractivity contribution in [2.45, 2.75) is 6.92 Å². The van der Waals surface area contributed by atoms with Crippen molar-refractivity contribution in [3.63, 3.8) is 0 Å². The van der Waals surface area contributed by atoms with E-state index in [1.165, 1.54) is 4.90 Å². The van der Waals surface area contributed by atoms with Crippen LogP contribution in [-0.2, 0) is 9.84 Å². The number of hydrogen-bond acceptors (Lipinski definition) is 3. The number of nitrogens with zero attached hydrogens (tertiary/aromatic N) is 1. The van der Waals surface area contributed by atoms with Gasteiger partial charge in [0.15, 0.2) is 0 Å². The normalized spacial score (nSPS) is 11.3. The van der Waals surface area contributed by atoms with Gasteiger partial charge in [-0.3, -0.25) is 4.79 Å². The standard InChI is InChI=1S/C12H16BrNO3S/c1-9-10(5-4-6-11(9)13)12(15)14(2)7-8-18(3,16)17/h4-6H,7-8H2,1-3H3. The number of carbonyl (C=O) groups excluding carboxylic acids is 1. The summed E-state index contributed by atoms with van der Waals surface area (Å²) in [7, 11) is -1.45. The first-order valence-electron chi connectivity index (χ1n) is 5.40. The molecular weight excluding hydrogens is 318 g/mol. The Kier molecular flexibility index (Phi) is 4.92. The van der Waals surface area contributed by atoms with Gasteiger partial charge in [-0.2, -0.15) is 0 Å². The van der Waals surface area contributed by atoms with E-state index in [9.17, 15) is 13.2 Å². The number of carbonyl (C=O) groups is 1. The van der Waals surface area contributed by atoms with E-state index >= 15 is 0 Å². The van der Waals surface area contributed by atoms with E-state index in [0.29, 0.717) is 5.56 Å². The van der Waals surface area contributed by atoms with Crippen molar-refractivity contribution in [1.29, 1.82) is 0 Å². The van der Waals surface area contributed by atoms with E-state index in [1.807, 2.05) is 13.0 Å². The third-order valence-electron chi connectivity index (χ3n) is 2.64. The van der Waals surface area contributed by atoms with Gasteiger partial charge < -0.3 is 4.90 Å². The molecule has 0 spiro atoms. The highest BCUT2D eigenvalue weighted by Gasteiger charge is 2.16.